The van der Waals surface area contributed by atoms with Crippen molar-refractivity contribution in [3.63, 3.8) is 0 Å². The van der Waals surface area contributed by atoms with Crippen molar-refractivity contribution in [2.24, 2.45) is 46.3 Å². The molecule has 1 aromatic carbocycles. The van der Waals surface area contributed by atoms with Crippen LogP contribution in [0.5, 0.6) is 11.5 Å². The number of carbonyl (C=O) groups is 2. The van der Waals surface area contributed by atoms with Crippen LogP contribution in [0.1, 0.15) is 99.8 Å². The van der Waals surface area contributed by atoms with Crippen molar-refractivity contribution in [3.05, 3.63) is 24.3 Å². The Morgan fingerprint density at radius 3 is 2.00 bits per heavy atom. The molecule has 7 unspecified atom stereocenters. The number of carbonyl (C=O) groups excluding carboxylic acids is 2. The molecule has 4 aliphatic rings. The van der Waals surface area contributed by atoms with E-state index in [-0.39, 0.29) is 28.7 Å². The van der Waals surface area contributed by atoms with Gasteiger partial charge in [0.2, 0.25) is 0 Å². The van der Waals surface area contributed by atoms with Crippen LogP contribution in [0.25, 0.3) is 0 Å². The molecule has 4 fully saturated rings. The molecule has 206 valence electrons. The molecule has 4 aliphatic carbocycles. The Kier molecular flexibility index (Phi) is 7.76. The van der Waals surface area contributed by atoms with E-state index >= 15 is 0 Å². The van der Waals surface area contributed by atoms with E-state index in [4.69, 9.17) is 14.6 Å². The number of esters is 2. The van der Waals surface area contributed by atoms with Crippen molar-refractivity contribution in [2.75, 3.05) is 0 Å². The molecular weight excluding hydrogens is 464 g/mol. The molecule has 0 radical (unpaired) electrons. The molecule has 1 aromatic rings. The molecule has 0 heterocycles. The van der Waals surface area contributed by atoms with Crippen LogP contribution in [0.2, 0.25) is 0 Å². The minimum absolute atomic E-state index is 0.0455. The molecule has 0 amide bonds. The van der Waals surface area contributed by atoms with Gasteiger partial charge in [-0.15, -0.1) is 0 Å². The zero-order valence-corrected chi connectivity index (χ0v) is 24.0. The molecule has 1 N–H and O–H groups in total. The standard InChI is InChI=1S/C20H32O2.C12H16O3/c1-5-19(3,4)18(21)22-20(6-2)11-14-10-15(20)17-13-8-7-12(9-13)16(14)17;1-4-12(2,3)11(14)15-10-7-5-9(13)6-8-10/h12-17H,5-11H2,1-4H3;5-8,13H,4H2,1-3H3. The van der Waals surface area contributed by atoms with E-state index in [0.29, 0.717) is 11.7 Å². The Balaban J connectivity index is 0.000000188. The second-order valence-electron chi connectivity index (χ2n) is 13.5. The number of fused-ring (bicyclic) bond motifs is 9. The molecule has 4 saturated carbocycles. The quantitative estimate of drug-likeness (QED) is 0.232. The fourth-order valence-corrected chi connectivity index (χ4v) is 7.66. The number of ether oxygens (including phenoxy) is 2. The summed E-state index contributed by atoms with van der Waals surface area (Å²) in [5, 5.41) is 9.06. The number of aromatic hydroxyl groups is 1. The molecule has 5 rings (SSSR count). The maximum Gasteiger partial charge on any atom is 0.316 e. The summed E-state index contributed by atoms with van der Waals surface area (Å²) in [4.78, 5) is 24.4. The van der Waals surface area contributed by atoms with E-state index in [1.807, 2.05) is 34.6 Å². The van der Waals surface area contributed by atoms with Crippen LogP contribution in [0.4, 0.5) is 0 Å². The topological polar surface area (TPSA) is 72.8 Å². The summed E-state index contributed by atoms with van der Waals surface area (Å²) < 4.78 is 11.5. The summed E-state index contributed by atoms with van der Waals surface area (Å²) in [6, 6.07) is 6.11. The third-order valence-electron chi connectivity index (χ3n) is 10.7. The minimum Gasteiger partial charge on any atom is -0.508 e. The van der Waals surface area contributed by atoms with Gasteiger partial charge in [0, 0.05) is 5.92 Å². The van der Waals surface area contributed by atoms with Crippen molar-refractivity contribution in [1.29, 1.82) is 0 Å². The van der Waals surface area contributed by atoms with Gasteiger partial charge in [-0.05, 0) is 133 Å². The Morgan fingerprint density at radius 1 is 0.865 bits per heavy atom. The zero-order valence-electron chi connectivity index (χ0n) is 24.0. The minimum atomic E-state index is -0.474. The van der Waals surface area contributed by atoms with E-state index < -0.39 is 5.41 Å². The number of phenols is 1. The highest BCUT2D eigenvalue weighted by atomic mass is 16.6. The van der Waals surface area contributed by atoms with Crippen LogP contribution >= 0.6 is 0 Å². The maximum atomic E-state index is 12.7. The molecular formula is C32H48O5. The molecule has 7 atom stereocenters. The number of rotatable bonds is 7. The molecule has 5 heteroatoms. The van der Waals surface area contributed by atoms with Crippen LogP contribution < -0.4 is 4.74 Å². The highest BCUT2D eigenvalue weighted by Crippen LogP contribution is 2.71. The number of benzene rings is 1. The molecule has 37 heavy (non-hydrogen) atoms. The van der Waals surface area contributed by atoms with Gasteiger partial charge < -0.3 is 14.6 Å². The fourth-order valence-electron chi connectivity index (χ4n) is 7.66. The van der Waals surface area contributed by atoms with Crippen LogP contribution in [0.3, 0.4) is 0 Å². The largest absolute Gasteiger partial charge is 0.508 e. The van der Waals surface area contributed by atoms with Gasteiger partial charge in [-0.25, -0.2) is 0 Å². The second kappa shape index (κ2) is 10.3. The van der Waals surface area contributed by atoms with Crippen LogP contribution in [0.15, 0.2) is 24.3 Å². The van der Waals surface area contributed by atoms with E-state index in [9.17, 15) is 9.59 Å². The lowest BCUT2D eigenvalue weighted by Gasteiger charge is -2.46. The maximum absolute atomic E-state index is 12.7. The molecule has 0 saturated heterocycles. The van der Waals surface area contributed by atoms with Crippen molar-refractivity contribution in [1.82, 2.24) is 0 Å². The van der Waals surface area contributed by atoms with Gasteiger partial charge in [0.25, 0.3) is 0 Å². The second-order valence-corrected chi connectivity index (χ2v) is 13.5. The Hall–Kier alpha value is -2.04. The van der Waals surface area contributed by atoms with Gasteiger partial charge in [0.15, 0.2) is 0 Å². The molecule has 0 aromatic heterocycles. The lowest BCUT2D eigenvalue weighted by molar-refractivity contribution is -0.183. The molecule has 5 nitrogen and oxygen atoms in total. The van der Waals surface area contributed by atoms with Gasteiger partial charge in [-0.1, -0.05) is 20.8 Å². The number of hydrogen-bond acceptors (Lipinski definition) is 5. The third-order valence-corrected chi connectivity index (χ3v) is 10.7. The summed E-state index contributed by atoms with van der Waals surface area (Å²) in [5.41, 5.74) is -0.935. The summed E-state index contributed by atoms with van der Waals surface area (Å²) in [6.07, 6.45) is 9.51. The van der Waals surface area contributed by atoms with Crippen LogP contribution in [-0.2, 0) is 14.3 Å². The van der Waals surface area contributed by atoms with E-state index in [0.717, 1.165) is 55.3 Å². The fraction of sp³-hybridized carbons (Fsp3) is 0.750. The van der Waals surface area contributed by atoms with E-state index in [2.05, 4.69) is 13.8 Å². The van der Waals surface area contributed by atoms with Gasteiger partial charge in [-0.3, -0.25) is 9.59 Å². The first-order chi connectivity index (χ1) is 17.4. The molecule has 4 bridgehead atoms. The third kappa shape index (κ3) is 5.16. The van der Waals surface area contributed by atoms with Crippen molar-refractivity contribution < 1.29 is 24.2 Å². The van der Waals surface area contributed by atoms with E-state index in [1.54, 1.807) is 12.1 Å². The molecule has 0 aliphatic heterocycles. The molecule has 0 spiro atoms. The summed E-state index contributed by atoms with van der Waals surface area (Å²) >= 11 is 0. The lowest BCUT2D eigenvalue weighted by Crippen LogP contribution is -2.49. The van der Waals surface area contributed by atoms with Gasteiger partial charge >= 0.3 is 11.9 Å². The van der Waals surface area contributed by atoms with Gasteiger partial charge in [0.1, 0.15) is 17.1 Å². The Bertz CT molecular complexity index is 979. The average molecular weight is 513 g/mol. The predicted molar refractivity (Wildman–Crippen MR) is 145 cm³/mol. The number of hydrogen-bond donors (Lipinski definition) is 1. The summed E-state index contributed by atoms with van der Waals surface area (Å²) in [6.45, 7) is 14.0. The van der Waals surface area contributed by atoms with Gasteiger partial charge in [0.05, 0.1) is 10.8 Å². The van der Waals surface area contributed by atoms with Crippen molar-refractivity contribution in [2.45, 2.75) is 105 Å². The zero-order chi connectivity index (χ0) is 27.2. The van der Waals surface area contributed by atoms with Crippen molar-refractivity contribution >= 4 is 11.9 Å². The highest BCUT2D eigenvalue weighted by Gasteiger charge is 2.68. The number of phenolic OH excluding ortho intramolecular Hbond substituents is 1. The van der Waals surface area contributed by atoms with Crippen molar-refractivity contribution in [3.8, 4) is 11.5 Å². The van der Waals surface area contributed by atoms with Crippen LogP contribution in [-0.4, -0.2) is 22.6 Å². The predicted octanol–water partition coefficient (Wildman–Crippen LogP) is 7.55. The SMILES string of the molecule is CCC(C)(C)C(=O)OC1(CC)CC2CC1C1C3CCC(C3)C21.CCC(C)(C)C(=O)Oc1ccc(O)cc1. The Morgan fingerprint density at radius 2 is 1.43 bits per heavy atom. The summed E-state index contributed by atoms with van der Waals surface area (Å²) in [5.74, 6) is 5.76. The first-order valence-corrected chi connectivity index (χ1v) is 14.6. The Labute approximate surface area is 223 Å². The lowest BCUT2D eigenvalue weighted by atomic mass is 9.65. The van der Waals surface area contributed by atoms with Gasteiger partial charge in [-0.2, -0.15) is 0 Å². The average Bonchev–Trinajstić information content (AvgIpc) is 3.65. The van der Waals surface area contributed by atoms with Crippen LogP contribution in [0, 0.1) is 46.3 Å². The first-order valence-electron chi connectivity index (χ1n) is 14.6. The summed E-state index contributed by atoms with van der Waals surface area (Å²) in [7, 11) is 0. The normalized spacial score (nSPS) is 33.5. The first kappa shape index (κ1) is 28.0. The smallest absolute Gasteiger partial charge is 0.316 e. The van der Waals surface area contributed by atoms with E-state index in [1.165, 1.54) is 37.8 Å². The highest BCUT2D eigenvalue weighted by molar-refractivity contribution is 5.78. The monoisotopic (exact) mass is 512 g/mol.